The Hall–Kier alpha value is -0.590. The summed E-state index contributed by atoms with van der Waals surface area (Å²) in [5.74, 6) is 0.922. The Labute approximate surface area is 74.9 Å². The van der Waals surface area contributed by atoms with E-state index in [0.29, 0.717) is 11.7 Å². The number of allylic oxidation sites excluding steroid dienone is 2. The molecular weight excluding hydrogens is 148 g/mol. The summed E-state index contributed by atoms with van der Waals surface area (Å²) < 4.78 is 0. The molecule has 0 aromatic heterocycles. The van der Waals surface area contributed by atoms with E-state index in [-0.39, 0.29) is 0 Å². The molecule has 1 saturated carbocycles. The van der Waals surface area contributed by atoms with Crippen molar-refractivity contribution in [3.8, 4) is 0 Å². The Balaban J connectivity index is 2.10. The van der Waals surface area contributed by atoms with Crippen molar-refractivity contribution in [3.05, 3.63) is 12.2 Å². The first-order valence-electron chi connectivity index (χ1n) is 4.98. The predicted octanol–water partition coefficient (Wildman–Crippen LogP) is 3.10. The minimum Gasteiger partial charge on any atom is -0.299 e. The van der Waals surface area contributed by atoms with Crippen molar-refractivity contribution in [2.75, 3.05) is 0 Å². The molecule has 0 saturated heterocycles. The third-order valence-electron chi connectivity index (χ3n) is 2.59. The van der Waals surface area contributed by atoms with Gasteiger partial charge in [0.25, 0.3) is 0 Å². The molecule has 12 heavy (non-hydrogen) atoms. The Morgan fingerprint density at radius 1 is 1.58 bits per heavy atom. The van der Waals surface area contributed by atoms with Gasteiger partial charge in [0, 0.05) is 12.3 Å². The van der Waals surface area contributed by atoms with Gasteiger partial charge < -0.3 is 0 Å². The lowest BCUT2D eigenvalue weighted by Gasteiger charge is -2.04. The molecule has 0 spiro atoms. The maximum absolute atomic E-state index is 11.2. The predicted molar refractivity (Wildman–Crippen MR) is 51.0 cm³/mol. The molecule has 1 unspecified atom stereocenters. The zero-order valence-corrected chi connectivity index (χ0v) is 7.88. The highest BCUT2D eigenvalue weighted by atomic mass is 16.1. The second-order valence-electron chi connectivity index (χ2n) is 3.56. The highest BCUT2D eigenvalue weighted by Crippen LogP contribution is 2.25. The number of unbranched alkanes of at least 4 members (excludes halogenated alkanes) is 1. The van der Waals surface area contributed by atoms with Crippen LogP contribution in [-0.4, -0.2) is 5.78 Å². The molecule has 68 valence electrons. The molecule has 1 atom stereocenters. The Morgan fingerprint density at radius 2 is 2.42 bits per heavy atom. The van der Waals surface area contributed by atoms with Crippen LogP contribution in [-0.2, 0) is 4.79 Å². The minimum absolute atomic E-state index is 0.412. The van der Waals surface area contributed by atoms with Gasteiger partial charge in [-0.1, -0.05) is 12.2 Å². The molecule has 1 aliphatic carbocycles. The topological polar surface area (TPSA) is 17.1 Å². The van der Waals surface area contributed by atoms with E-state index in [1.54, 1.807) is 0 Å². The first kappa shape index (κ1) is 9.50. The van der Waals surface area contributed by atoms with Crippen LogP contribution in [0.2, 0.25) is 0 Å². The molecule has 0 aromatic carbocycles. The molecule has 0 N–H and O–H groups in total. The highest BCUT2D eigenvalue weighted by molar-refractivity contribution is 5.82. The van der Waals surface area contributed by atoms with Crippen LogP contribution < -0.4 is 0 Å². The second-order valence-corrected chi connectivity index (χ2v) is 3.56. The van der Waals surface area contributed by atoms with Crippen LogP contribution >= 0.6 is 0 Å². The second kappa shape index (κ2) is 5.13. The van der Waals surface area contributed by atoms with Crippen molar-refractivity contribution < 1.29 is 4.79 Å². The quantitative estimate of drug-likeness (QED) is 0.463. The number of hydrogen-bond acceptors (Lipinski definition) is 1. The Bertz CT molecular complexity index is 170. The number of hydrogen-bond donors (Lipinski definition) is 0. The monoisotopic (exact) mass is 166 g/mol. The average molecular weight is 166 g/mol. The van der Waals surface area contributed by atoms with Gasteiger partial charge in [-0.2, -0.15) is 0 Å². The van der Waals surface area contributed by atoms with Crippen LogP contribution in [0.5, 0.6) is 0 Å². The number of ketones is 1. The van der Waals surface area contributed by atoms with E-state index in [1.165, 1.54) is 6.42 Å². The van der Waals surface area contributed by atoms with Gasteiger partial charge in [-0.25, -0.2) is 0 Å². The van der Waals surface area contributed by atoms with E-state index >= 15 is 0 Å². The zero-order chi connectivity index (χ0) is 8.81. The van der Waals surface area contributed by atoms with Crippen LogP contribution in [0, 0.1) is 5.92 Å². The molecular formula is C11H18O. The molecule has 0 bridgehead atoms. The molecule has 1 rings (SSSR count). The fraction of sp³-hybridized carbons (Fsp3) is 0.727. The summed E-state index contributed by atoms with van der Waals surface area (Å²) in [7, 11) is 0. The summed E-state index contributed by atoms with van der Waals surface area (Å²) in [5, 5.41) is 0. The normalized spacial score (nSPS) is 24.1. The van der Waals surface area contributed by atoms with Crippen molar-refractivity contribution in [2.45, 2.75) is 45.4 Å². The van der Waals surface area contributed by atoms with Gasteiger partial charge in [0.1, 0.15) is 5.78 Å². The summed E-state index contributed by atoms with van der Waals surface area (Å²) >= 11 is 0. The van der Waals surface area contributed by atoms with Gasteiger partial charge in [-0.05, 0) is 39.0 Å². The number of Topliss-reactive ketones (excluding diaryl/α,β-unsaturated/α-hetero) is 1. The van der Waals surface area contributed by atoms with Gasteiger partial charge in [-0.15, -0.1) is 0 Å². The summed E-state index contributed by atoms with van der Waals surface area (Å²) in [5.41, 5.74) is 0. The van der Waals surface area contributed by atoms with Gasteiger partial charge >= 0.3 is 0 Å². The van der Waals surface area contributed by atoms with Crippen molar-refractivity contribution >= 4 is 5.78 Å². The first-order chi connectivity index (χ1) is 5.84. The van der Waals surface area contributed by atoms with E-state index in [1.807, 2.05) is 6.92 Å². The van der Waals surface area contributed by atoms with Crippen LogP contribution in [0.1, 0.15) is 45.4 Å². The van der Waals surface area contributed by atoms with Crippen LogP contribution in [0.3, 0.4) is 0 Å². The van der Waals surface area contributed by atoms with E-state index < -0.39 is 0 Å². The fourth-order valence-electron chi connectivity index (χ4n) is 1.84. The van der Waals surface area contributed by atoms with E-state index in [4.69, 9.17) is 0 Å². The lowest BCUT2D eigenvalue weighted by molar-refractivity contribution is -0.120. The fourth-order valence-corrected chi connectivity index (χ4v) is 1.84. The lowest BCUT2D eigenvalue weighted by atomic mass is 10.00. The van der Waals surface area contributed by atoms with Crippen molar-refractivity contribution in [1.82, 2.24) is 0 Å². The average Bonchev–Trinajstić information content (AvgIpc) is 2.46. The van der Waals surface area contributed by atoms with Gasteiger partial charge in [0.05, 0.1) is 0 Å². The van der Waals surface area contributed by atoms with Gasteiger partial charge in [-0.3, -0.25) is 4.79 Å². The van der Waals surface area contributed by atoms with Crippen molar-refractivity contribution in [3.63, 3.8) is 0 Å². The SMILES string of the molecule is C/C=C\CCCC1CCCC1=O. The van der Waals surface area contributed by atoms with Crippen LogP contribution in [0.4, 0.5) is 0 Å². The standard InChI is InChI=1S/C11H18O/c1-2-3-4-5-7-10-8-6-9-11(10)12/h2-3,10H,4-9H2,1H3/b3-2-. The van der Waals surface area contributed by atoms with Crippen molar-refractivity contribution in [1.29, 1.82) is 0 Å². The third kappa shape index (κ3) is 2.80. The Morgan fingerprint density at radius 3 is 3.00 bits per heavy atom. The molecule has 0 aliphatic heterocycles. The van der Waals surface area contributed by atoms with Crippen molar-refractivity contribution in [2.24, 2.45) is 5.92 Å². The smallest absolute Gasteiger partial charge is 0.135 e. The summed E-state index contributed by atoms with van der Waals surface area (Å²) in [6, 6.07) is 0. The molecule has 1 nitrogen and oxygen atoms in total. The minimum atomic E-state index is 0.412. The van der Waals surface area contributed by atoms with Gasteiger partial charge in [0.15, 0.2) is 0 Å². The van der Waals surface area contributed by atoms with Crippen LogP contribution in [0.25, 0.3) is 0 Å². The number of rotatable bonds is 4. The molecule has 0 heterocycles. The molecule has 1 heteroatoms. The molecule has 0 amide bonds. The number of carbonyl (C=O) groups is 1. The summed E-state index contributed by atoms with van der Waals surface area (Å²) in [4.78, 5) is 11.2. The molecule has 0 radical (unpaired) electrons. The maximum Gasteiger partial charge on any atom is 0.135 e. The summed E-state index contributed by atoms with van der Waals surface area (Å²) in [6.07, 6.45) is 10.8. The third-order valence-corrected chi connectivity index (χ3v) is 2.59. The van der Waals surface area contributed by atoms with Crippen LogP contribution in [0.15, 0.2) is 12.2 Å². The van der Waals surface area contributed by atoms with E-state index in [2.05, 4.69) is 12.2 Å². The van der Waals surface area contributed by atoms with E-state index in [0.717, 1.165) is 32.1 Å². The lowest BCUT2D eigenvalue weighted by Crippen LogP contribution is -2.05. The molecule has 0 aromatic rings. The Kier molecular flexibility index (Phi) is 4.06. The molecule has 1 fully saturated rings. The first-order valence-corrected chi connectivity index (χ1v) is 4.98. The maximum atomic E-state index is 11.2. The molecule has 1 aliphatic rings. The zero-order valence-electron chi connectivity index (χ0n) is 7.88. The number of carbonyl (C=O) groups excluding carboxylic acids is 1. The largest absolute Gasteiger partial charge is 0.299 e. The summed E-state index contributed by atoms with van der Waals surface area (Å²) in [6.45, 7) is 2.04. The van der Waals surface area contributed by atoms with E-state index in [9.17, 15) is 4.79 Å². The highest BCUT2D eigenvalue weighted by Gasteiger charge is 2.22. The van der Waals surface area contributed by atoms with Gasteiger partial charge in [0.2, 0.25) is 0 Å².